The second kappa shape index (κ2) is 5.95. The molecule has 0 bridgehead atoms. The molecule has 1 heterocycles. The van der Waals surface area contributed by atoms with Crippen molar-refractivity contribution >= 4 is 5.71 Å². The van der Waals surface area contributed by atoms with Gasteiger partial charge in [0.2, 0.25) is 0 Å². The number of alkyl halides is 2. The maximum Gasteiger partial charge on any atom is 0.266 e. The van der Waals surface area contributed by atoms with E-state index in [2.05, 4.69) is 4.99 Å². The Morgan fingerprint density at radius 1 is 1.33 bits per heavy atom. The van der Waals surface area contributed by atoms with Gasteiger partial charge in [-0.25, -0.2) is 17.6 Å². The summed E-state index contributed by atoms with van der Waals surface area (Å²) in [6.07, 6.45) is -0.249. The third-order valence-corrected chi connectivity index (χ3v) is 3.42. The van der Waals surface area contributed by atoms with Crippen LogP contribution in [0.2, 0.25) is 0 Å². The van der Waals surface area contributed by atoms with E-state index >= 15 is 0 Å². The molecule has 7 heteroatoms. The molecule has 1 aromatic rings. The average Bonchev–Trinajstić information content (AvgIpc) is 2.49. The molecule has 0 fully saturated rings. The first kappa shape index (κ1) is 15.7. The highest BCUT2D eigenvalue weighted by Gasteiger charge is 2.43. The minimum Gasteiger partial charge on any atom is -0.396 e. The second-order valence-electron chi connectivity index (χ2n) is 4.83. The predicted molar refractivity (Wildman–Crippen MR) is 70.2 cm³/mol. The Kier molecular flexibility index (Phi) is 4.43. The summed E-state index contributed by atoms with van der Waals surface area (Å²) < 4.78 is 53.2. The van der Waals surface area contributed by atoms with Crippen molar-refractivity contribution in [3.8, 4) is 0 Å². The third kappa shape index (κ3) is 2.84. The van der Waals surface area contributed by atoms with E-state index in [0.29, 0.717) is 6.07 Å². The zero-order valence-corrected chi connectivity index (χ0v) is 10.9. The number of halogens is 4. The fourth-order valence-electron chi connectivity index (χ4n) is 2.08. The van der Waals surface area contributed by atoms with Gasteiger partial charge in [0.15, 0.2) is 11.6 Å². The number of dihydropyridines is 1. The molecule has 2 unspecified atom stereocenters. The molecule has 2 rings (SSSR count). The van der Waals surface area contributed by atoms with Gasteiger partial charge >= 0.3 is 0 Å². The van der Waals surface area contributed by atoms with Gasteiger partial charge in [-0.2, -0.15) is 0 Å². The largest absolute Gasteiger partial charge is 0.396 e. The summed E-state index contributed by atoms with van der Waals surface area (Å²) in [6.45, 7) is -0.0532. The summed E-state index contributed by atoms with van der Waals surface area (Å²) in [5.41, 5.74) is 3.04. The number of hydrogen-bond acceptors (Lipinski definition) is 3. The van der Waals surface area contributed by atoms with E-state index in [-0.39, 0.29) is 30.3 Å². The van der Waals surface area contributed by atoms with Crippen LogP contribution in [0, 0.1) is 17.6 Å². The lowest BCUT2D eigenvalue weighted by molar-refractivity contribution is 0.0882. The molecule has 2 atom stereocenters. The lowest BCUT2D eigenvalue weighted by Gasteiger charge is -2.31. The van der Waals surface area contributed by atoms with E-state index in [1.165, 1.54) is 12.2 Å². The van der Waals surface area contributed by atoms with Crippen LogP contribution in [0.25, 0.3) is 0 Å². The molecule has 0 amide bonds. The lowest BCUT2D eigenvalue weighted by Crippen LogP contribution is -2.51. The SMILES string of the molecule is NC(C1=NCC(CO)C=C1)(c1ccc(F)c(F)c1)C(F)F. The molecular weight excluding hydrogens is 288 g/mol. The van der Waals surface area contributed by atoms with Crippen LogP contribution in [-0.2, 0) is 5.54 Å². The van der Waals surface area contributed by atoms with Crippen LogP contribution in [0.15, 0.2) is 35.3 Å². The first-order valence-corrected chi connectivity index (χ1v) is 6.26. The Hall–Kier alpha value is -1.73. The number of nitrogens with two attached hydrogens (primary N) is 1. The lowest BCUT2D eigenvalue weighted by atomic mass is 9.84. The Bertz CT molecular complexity index is 588. The van der Waals surface area contributed by atoms with E-state index in [9.17, 15) is 17.6 Å². The molecule has 1 aliphatic heterocycles. The van der Waals surface area contributed by atoms with Gasteiger partial charge in [-0.15, -0.1) is 0 Å². The Balaban J connectivity index is 2.44. The molecule has 0 saturated carbocycles. The van der Waals surface area contributed by atoms with E-state index in [1.54, 1.807) is 0 Å². The van der Waals surface area contributed by atoms with Crippen molar-refractivity contribution in [2.24, 2.45) is 16.6 Å². The van der Waals surface area contributed by atoms with Crippen molar-refractivity contribution in [1.82, 2.24) is 0 Å². The maximum atomic E-state index is 13.5. The quantitative estimate of drug-likeness (QED) is 0.836. The van der Waals surface area contributed by atoms with Crippen LogP contribution >= 0.6 is 0 Å². The minimum absolute atomic E-state index is 0.109. The normalized spacial score (nSPS) is 21.3. The molecule has 0 radical (unpaired) electrons. The highest BCUT2D eigenvalue weighted by atomic mass is 19.3. The molecule has 0 spiro atoms. The smallest absolute Gasteiger partial charge is 0.266 e. The van der Waals surface area contributed by atoms with E-state index in [1.807, 2.05) is 0 Å². The number of rotatable bonds is 4. The summed E-state index contributed by atoms with van der Waals surface area (Å²) in [5, 5.41) is 8.98. The second-order valence-corrected chi connectivity index (χ2v) is 4.83. The fourth-order valence-corrected chi connectivity index (χ4v) is 2.08. The van der Waals surface area contributed by atoms with Crippen molar-refractivity contribution in [1.29, 1.82) is 0 Å². The minimum atomic E-state index is -3.06. The predicted octanol–water partition coefficient (Wildman–Crippen LogP) is 2.00. The highest BCUT2D eigenvalue weighted by molar-refractivity contribution is 6.04. The third-order valence-electron chi connectivity index (χ3n) is 3.42. The molecule has 1 aliphatic rings. The van der Waals surface area contributed by atoms with Gasteiger partial charge in [-0.3, -0.25) is 4.99 Å². The molecule has 0 saturated heterocycles. The Labute approximate surface area is 118 Å². The number of hydrogen-bond donors (Lipinski definition) is 2. The van der Waals surface area contributed by atoms with Crippen LogP contribution in [0.4, 0.5) is 17.6 Å². The molecule has 0 aliphatic carbocycles. The van der Waals surface area contributed by atoms with Gasteiger partial charge in [-0.1, -0.05) is 12.1 Å². The van der Waals surface area contributed by atoms with Crippen LogP contribution in [-0.4, -0.2) is 30.4 Å². The van der Waals surface area contributed by atoms with Gasteiger partial charge in [0.1, 0.15) is 5.54 Å². The standard InChI is InChI=1S/C14H14F4N2O/c15-10-3-2-9(5-11(10)16)14(19,13(17)18)12-4-1-8(7-21)6-20-12/h1-5,8,13,21H,6-7,19H2. The molecule has 114 valence electrons. The first-order chi connectivity index (χ1) is 9.89. The van der Waals surface area contributed by atoms with Gasteiger partial charge in [-0.05, 0) is 23.8 Å². The van der Waals surface area contributed by atoms with Gasteiger partial charge in [0, 0.05) is 12.5 Å². The van der Waals surface area contributed by atoms with Gasteiger partial charge in [0.25, 0.3) is 6.43 Å². The van der Waals surface area contributed by atoms with Crippen LogP contribution in [0.1, 0.15) is 5.56 Å². The van der Waals surface area contributed by atoms with Crippen molar-refractivity contribution in [3.05, 3.63) is 47.5 Å². The molecular formula is C14H14F4N2O. The van der Waals surface area contributed by atoms with Gasteiger partial charge < -0.3 is 10.8 Å². The number of aliphatic hydroxyl groups is 1. The Morgan fingerprint density at radius 3 is 2.52 bits per heavy atom. The van der Waals surface area contributed by atoms with Crippen molar-refractivity contribution in [3.63, 3.8) is 0 Å². The zero-order valence-electron chi connectivity index (χ0n) is 10.9. The number of aliphatic imine (C=N–C) groups is 1. The van der Waals surface area contributed by atoms with Crippen LogP contribution in [0.3, 0.4) is 0 Å². The molecule has 0 aromatic heterocycles. The summed E-state index contributed by atoms with van der Waals surface area (Å²) in [7, 11) is 0. The summed E-state index contributed by atoms with van der Waals surface area (Å²) in [6, 6.07) is 2.41. The van der Waals surface area contributed by atoms with E-state index in [4.69, 9.17) is 10.8 Å². The molecule has 1 aromatic carbocycles. The molecule has 3 nitrogen and oxygen atoms in total. The zero-order chi connectivity index (χ0) is 15.6. The van der Waals surface area contributed by atoms with Gasteiger partial charge in [0.05, 0.1) is 12.3 Å². The van der Waals surface area contributed by atoms with Crippen molar-refractivity contribution in [2.75, 3.05) is 13.2 Å². The first-order valence-electron chi connectivity index (χ1n) is 6.26. The van der Waals surface area contributed by atoms with Crippen molar-refractivity contribution < 1.29 is 22.7 Å². The monoisotopic (exact) mass is 302 g/mol. The highest BCUT2D eigenvalue weighted by Crippen LogP contribution is 2.30. The average molecular weight is 302 g/mol. The molecule has 21 heavy (non-hydrogen) atoms. The summed E-state index contributed by atoms with van der Waals surface area (Å²) in [4.78, 5) is 3.95. The van der Waals surface area contributed by atoms with E-state index < -0.39 is 23.6 Å². The van der Waals surface area contributed by atoms with E-state index in [0.717, 1.165) is 12.1 Å². The Morgan fingerprint density at radius 2 is 2.05 bits per heavy atom. The fraction of sp³-hybridized carbons (Fsp3) is 0.357. The molecule has 3 N–H and O–H groups in total. The van der Waals surface area contributed by atoms with Crippen LogP contribution in [0.5, 0.6) is 0 Å². The summed E-state index contributed by atoms with van der Waals surface area (Å²) in [5.74, 6) is -2.66. The number of aliphatic hydroxyl groups excluding tert-OH is 1. The summed E-state index contributed by atoms with van der Waals surface area (Å²) >= 11 is 0. The van der Waals surface area contributed by atoms with Crippen molar-refractivity contribution in [2.45, 2.75) is 12.0 Å². The number of benzene rings is 1. The topological polar surface area (TPSA) is 58.6 Å². The number of nitrogens with zero attached hydrogens (tertiary/aromatic N) is 1. The maximum absolute atomic E-state index is 13.5. The van der Waals surface area contributed by atoms with Crippen LogP contribution < -0.4 is 5.73 Å².